The summed E-state index contributed by atoms with van der Waals surface area (Å²) >= 11 is 1.17. The number of aromatic nitrogens is 1. The van der Waals surface area contributed by atoms with Gasteiger partial charge < -0.3 is 5.73 Å². The highest BCUT2D eigenvalue weighted by Crippen LogP contribution is 2.32. The molecule has 27 heavy (non-hydrogen) atoms. The number of hydroxylamine groups is 1. The Labute approximate surface area is 160 Å². The molecule has 140 valence electrons. The first-order valence-electron chi connectivity index (χ1n) is 7.89. The third kappa shape index (κ3) is 4.17. The Morgan fingerprint density at radius 2 is 2.07 bits per heavy atom. The molecule has 1 amide bonds. The number of benzene rings is 1. The Bertz CT molecular complexity index is 1100. The number of carbonyl (C=O) groups excluding carboxylic acids is 1. The molecule has 7 nitrogen and oxygen atoms in total. The SMILES string of the molecule is NCc1cccc(-c2ccc(S(=O)(=O)n3ccc(/C=C/C(=O)NO)c3)s2)c1. The summed E-state index contributed by atoms with van der Waals surface area (Å²) in [6.45, 7) is 0.415. The van der Waals surface area contributed by atoms with Crippen LogP contribution < -0.4 is 11.2 Å². The highest BCUT2D eigenvalue weighted by molar-refractivity contribution is 7.92. The van der Waals surface area contributed by atoms with Crippen molar-refractivity contribution >= 4 is 33.3 Å². The molecule has 1 aromatic carbocycles. The Morgan fingerprint density at radius 1 is 1.26 bits per heavy atom. The van der Waals surface area contributed by atoms with Crippen molar-refractivity contribution in [1.29, 1.82) is 0 Å². The molecule has 3 aromatic rings. The van der Waals surface area contributed by atoms with E-state index >= 15 is 0 Å². The van der Waals surface area contributed by atoms with Gasteiger partial charge in [-0.3, -0.25) is 10.0 Å². The van der Waals surface area contributed by atoms with Gasteiger partial charge in [0.1, 0.15) is 4.21 Å². The van der Waals surface area contributed by atoms with Crippen molar-refractivity contribution in [3.63, 3.8) is 0 Å². The van der Waals surface area contributed by atoms with Crippen LogP contribution in [0.25, 0.3) is 16.5 Å². The quantitative estimate of drug-likeness (QED) is 0.332. The summed E-state index contributed by atoms with van der Waals surface area (Å²) < 4.78 is 26.9. The van der Waals surface area contributed by atoms with Gasteiger partial charge in [0.25, 0.3) is 15.9 Å². The maximum absolute atomic E-state index is 12.8. The van der Waals surface area contributed by atoms with Gasteiger partial charge in [0.2, 0.25) is 0 Å². The second-order valence-electron chi connectivity index (χ2n) is 5.61. The van der Waals surface area contributed by atoms with Gasteiger partial charge in [0, 0.05) is 29.9 Å². The topological polar surface area (TPSA) is 114 Å². The lowest BCUT2D eigenvalue weighted by atomic mass is 10.1. The monoisotopic (exact) mass is 403 g/mol. The number of nitrogens with one attached hydrogen (secondary N) is 1. The number of hydrogen-bond acceptors (Lipinski definition) is 6. The zero-order valence-electron chi connectivity index (χ0n) is 14.1. The third-order valence-electron chi connectivity index (χ3n) is 3.79. The van der Waals surface area contributed by atoms with Crippen molar-refractivity contribution in [2.24, 2.45) is 5.73 Å². The molecule has 0 aliphatic carbocycles. The maximum Gasteiger partial charge on any atom is 0.277 e. The first kappa shape index (κ1) is 19.1. The van der Waals surface area contributed by atoms with E-state index in [0.717, 1.165) is 26.1 Å². The van der Waals surface area contributed by atoms with E-state index in [4.69, 9.17) is 10.9 Å². The molecule has 0 fully saturated rings. The average molecular weight is 403 g/mol. The van der Waals surface area contributed by atoms with E-state index < -0.39 is 15.9 Å². The van der Waals surface area contributed by atoms with Crippen LogP contribution in [0, 0.1) is 0 Å². The highest BCUT2D eigenvalue weighted by atomic mass is 32.2. The van der Waals surface area contributed by atoms with Crippen LogP contribution in [0.4, 0.5) is 0 Å². The number of nitrogens with zero attached hydrogens (tertiary/aromatic N) is 1. The summed E-state index contributed by atoms with van der Waals surface area (Å²) in [5.74, 6) is -0.701. The number of rotatable bonds is 6. The molecule has 9 heteroatoms. The Morgan fingerprint density at radius 3 is 2.81 bits per heavy atom. The molecule has 0 aliphatic rings. The summed E-state index contributed by atoms with van der Waals surface area (Å²) in [5.41, 5.74) is 9.52. The summed E-state index contributed by atoms with van der Waals surface area (Å²) in [5, 5.41) is 8.47. The van der Waals surface area contributed by atoms with Gasteiger partial charge in [-0.1, -0.05) is 18.2 Å². The molecule has 2 aromatic heterocycles. The fraction of sp³-hybridized carbons (Fsp3) is 0.0556. The zero-order valence-corrected chi connectivity index (χ0v) is 15.7. The molecule has 3 rings (SSSR count). The zero-order chi connectivity index (χ0) is 19.4. The number of carbonyl (C=O) groups is 1. The lowest BCUT2D eigenvalue weighted by Gasteiger charge is -2.03. The molecule has 0 atom stereocenters. The van der Waals surface area contributed by atoms with E-state index in [1.165, 1.54) is 35.3 Å². The number of thiophene rings is 1. The molecule has 0 saturated heterocycles. The van der Waals surface area contributed by atoms with Crippen molar-refractivity contribution in [3.8, 4) is 10.4 Å². The molecule has 0 aliphatic heterocycles. The molecule has 4 N–H and O–H groups in total. The van der Waals surface area contributed by atoms with Crippen molar-refractivity contribution in [1.82, 2.24) is 9.45 Å². The van der Waals surface area contributed by atoms with Crippen molar-refractivity contribution in [2.45, 2.75) is 10.8 Å². The van der Waals surface area contributed by atoms with Gasteiger partial charge in [0.05, 0.1) is 0 Å². The van der Waals surface area contributed by atoms with E-state index in [9.17, 15) is 13.2 Å². The minimum Gasteiger partial charge on any atom is -0.326 e. The molecule has 0 saturated carbocycles. The van der Waals surface area contributed by atoms with E-state index in [2.05, 4.69) is 0 Å². The standard InChI is InChI=1S/C18H17N3O4S2/c19-11-14-2-1-3-15(10-14)16-5-7-18(26-16)27(24,25)21-9-8-13(12-21)4-6-17(22)20-23/h1-10,12,23H,11,19H2,(H,20,22)/b6-4+. The van der Waals surface area contributed by atoms with Crippen molar-refractivity contribution in [2.75, 3.05) is 0 Å². The van der Waals surface area contributed by atoms with Gasteiger partial charge in [-0.05, 0) is 47.0 Å². The van der Waals surface area contributed by atoms with Gasteiger partial charge in [0.15, 0.2) is 0 Å². The van der Waals surface area contributed by atoms with Crippen molar-refractivity contribution < 1.29 is 18.4 Å². The van der Waals surface area contributed by atoms with Crippen LogP contribution in [-0.2, 0) is 21.4 Å². The Hall–Kier alpha value is -2.72. The lowest BCUT2D eigenvalue weighted by molar-refractivity contribution is -0.124. The second kappa shape index (κ2) is 7.89. The first-order valence-corrected chi connectivity index (χ1v) is 10.1. The van der Waals surface area contributed by atoms with Gasteiger partial charge in [-0.25, -0.2) is 9.45 Å². The van der Waals surface area contributed by atoms with Crippen LogP contribution in [0.5, 0.6) is 0 Å². The minimum absolute atomic E-state index is 0.204. The van der Waals surface area contributed by atoms with Crippen molar-refractivity contribution in [3.05, 3.63) is 72.1 Å². The average Bonchev–Trinajstić information content (AvgIpc) is 3.36. The molecule has 2 heterocycles. The van der Waals surface area contributed by atoms with Crippen LogP contribution in [0.15, 0.2) is 65.1 Å². The summed E-state index contributed by atoms with van der Waals surface area (Å²) in [6.07, 6.45) is 5.29. The van der Waals surface area contributed by atoms with Crippen LogP contribution in [0.2, 0.25) is 0 Å². The molecular weight excluding hydrogens is 386 g/mol. The fourth-order valence-corrected chi connectivity index (χ4v) is 5.03. The predicted octanol–water partition coefficient (Wildman–Crippen LogP) is 2.43. The van der Waals surface area contributed by atoms with Gasteiger partial charge in [-0.15, -0.1) is 11.3 Å². The highest BCUT2D eigenvalue weighted by Gasteiger charge is 2.19. The summed E-state index contributed by atoms with van der Waals surface area (Å²) in [4.78, 5) is 11.8. The molecule has 0 unspecified atom stereocenters. The van der Waals surface area contributed by atoms with E-state index in [-0.39, 0.29) is 4.21 Å². The maximum atomic E-state index is 12.8. The molecule has 0 spiro atoms. The summed E-state index contributed by atoms with van der Waals surface area (Å²) in [7, 11) is -3.74. The van der Waals surface area contributed by atoms with E-state index in [1.54, 1.807) is 18.2 Å². The van der Waals surface area contributed by atoms with Gasteiger partial charge >= 0.3 is 0 Å². The Kier molecular flexibility index (Phi) is 5.57. The largest absolute Gasteiger partial charge is 0.326 e. The second-order valence-corrected chi connectivity index (χ2v) is 8.77. The first-order chi connectivity index (χ1) is 12.9. The number of nitrogens with two attached hydrogens (primary N) is 1. The smallest absolute Gasteiger partial charge is 0.277 e. The van der Waals surface area contributed by atoms with E-state index in [0.29, 0.717) is 12.1 Å². The van der Waals surface area contributed by atoms with Crippen LogP contribution in [0.1, 0.15) is 11.1 Å². The fourth-order valence-electron chi connectivity index (χ4n) is 2.42. The van der Waals surface area contributed by atoms with Crippen LogP contribution in [-0.4, -0.2) is 23.5 Å². The summed E-state index contributed by atoms with van der Waals surface area (Å²) in [6, 6.07) is 12.5. The minimum atomic E-state index is -3.74. The lowest BCUT2D eigenvalue weighted by Crippen LogP contribution is -2.14. The molecular formula is C18H17N3O4S2. The van der Waals surface area contributed by atoms with Crippen LogP contribution in [0.3, 0.4) is 0 Å². The van der Waals surface area contributed by atoms with E-state index in [1.807, 2.05) is 24.3 Å². The predicted molar refractivity (Wildman–Crippen MR) is 104 cm³/mol. The number of hydrogen-bond donors (Lipinski definition) is 3. The molecule has 0 bridgehead atoms. The van der Waals surface area contributed by atoms with Crippen LogP contribution >= 0.6 is 11.3 Å². The normalized spacial score (nSPS) is 11.8. The third-order valence-corrected chi connectivity index (χ3v) is 7.03. The van der Waals surface area contributed by atoms with Gasteiger partial charge in [-0.2, -0.15) is 8.42 Å². The number of amides is 1. The molecule has 0 radical (unpaired) electrons. The Balaban J connectivity index is 1.88.